The van der Waals surface area contributed by atoms with Gasteiger partial charge in [-0.1, -0.05) is 0 Å². The van der Waals surface area contributed by atoms with E-state index in [1.54, 1.807) is 11.3 Å². The quantitative estimate of drug-likeness (QED) is 0.669. The summed E-state index contributed by atoms with van der Waals surface area (Å²) >= 11 is 1.62. The first-order valence-electron chi connectivity index (χ1n) is 3.53. The van der Waals surface area contributed by atoms with Gasteiger partial charge in [-0.05, 0) is 7.05 Å². The van der Waals surface area contributed by atoms with Gasteiger partial charge in [-0.3, -0.25) is 4.98 Å². The van der Waals surface area contributed by atoms with Crippen LogP contribution in [-0.4, -0.2) is 25.2 Å². The number of nitrogens with one attached hydrogen (secondary N) is 1. The fourth-order valence-corrected chi connectivity index (χ4v) is 1.19. The van der Waals surface area contributed by atoms with E-state index in [0.29, 0.717) is 6.61 Å². The largest absolute Gasteiger partial charge is 0.375 e. The van der Waals surface area contributed by atoms with Crippen LogP contribution in [0.4, 0.5) is 0 Å². The normalized spacial score (nSPS) is 10.3. The molecule has 11 heavy (non-hydrogen) atoms. The van der Waals surface area contributed by atoms with Crippen LogP contribution in [0.3, 0.4) is 0 Å². The number of ether oxygens (including phenoxy) is 1. The fourth-order valence-electron chi connectivity index (χ4n) is 0.660. The zero-order valence-corrected chi connectivity index (χ0v) is 7.36. The summed E-state index contributed by atoms with van der Waals surface area (Å²) in [5, 5.41) is 3.01. The lowest BCUT2D eigenvalue weighted by molar-refractivity contribution is 0.126. The molecule has 1 N–H and O–H groups in total. The van der Waals surface area contributed by atoms with Gasteiger partial charge in [0.25, 0.3) is 0 Å². The van der Waals surface area contributed by atoms with E-state index in [-0.39, 0.29) is 0 Å². The number of hydrogen-bond acceptors (Lipinski definition) is 4. The second-order valence-electron chi connectivity index (χ2n) is 2.12. The van der Waals surface area contributed by atoms with Crippen LogP contribution in [0.5, 0.6) is 0 Å². The highest BCUT2D eigenvalue weighted by Gasteiger charge is 1.92. The summed E-state index contributed by atoms with van der Waals surface area (Å²) in [5.41, 5.74) is 1.82. The molecule has 62 valence electrons. The lowest BCUT2D eigenvalue weighted by atomic mass is 10.6. The van der Waals surface area contributed by atoms with Crippen molar-refractivity contribution in [3.05, 3.63) is 16.6 Å². The molecule has 0 aromatic carbocycles. The second kappa shape index (κ2) is 5.23. The molecule has 0 amide bonds. The predicted octanol–water partition coefficient (Wildman–Crippen LogP) is 0.879. The second-order valence-corrected chi connectivity index (χ2v) is 3.09. The van der Waals surface area contributed by atoms with Gasteiger partial charge in [-0.15, -0.1) is 11.3 Å². The zero-order chi connectivity index (χ0) is 7.94. The Bertz CT molecular complexity index is 177. The Morgan fingerprint density at radius 2 is 2.64 bits per heavy atom. The molecule has 0 radical (unpaired) electrons. The minimum absolute atomic E-state index is 0.687. The van der Waals surface area contributed by atoms with Crippen molar-refractivity contribution in [2.45, 2.75) is 6.61 Å². The van der Waals surface area contributed by atoms with E-state index in [4.69, 9.17) is 4.74 Å². The van der Waals surface area contributed by atoms with Crippen molar-refractivity contribution >= 4 is 11.3 Å². The minimum Gasteiger partial charge on any atom is -0.375 e. The Morgan fingerprint density at radius 3 is 3.27 bits per heavy atom. The molecule has 0 saturated heterocycles. The van der Waals surface area contributed by atoms with Crippen molar-refractivity contribution in [2.75, 3.05) is 20.2 Å². The van der Waals surface area contributed by atoms with Crippen LogP contribution in [-0.2, 0) is 11.3 Å². The summed E-state index contributed by atoms with van der Waals surface area (Å²) < 4.78 is 5.33. The van der Waals surface area contributed by atoms with Crippen molar-refractivity contribution in [3.63, 3.8) is 0 Å². The lowest BCUT2D eigenvalue weighted by Crippen LogP contribution is -2.13. The molecular weight excluding hydrogens is 160 g/mol. The van der Waals surface area contributed by atoms with Crippen LogP contribution in [0, 0.1) is 0 Å². The number of nitrogens with zero attached hydrogens (tertiary/aromatic N) is 1. The van der Waals surface area contributed by atoms with Crippen LogP contribution in [0.15, 0.2) is 11.7 Å². The van der Waals surface area contributed by atoms with Gasteiger partial charge >= 0.3 is 0 Å². The molecule has 0 aliphatic heterocycles. The van der Waals surface area contributed by atoms with Gasteiger partial charge < -0.3 is 10.1 Å². The molecule has 0 atom stereocenters. The van der Waals surface area contributed by atoms with E-state index in [1.165, 1.54) is 4.88 Å². The molecule has 0 spiro atoms. The average Bonchev–Trinajstić information content (AvgIpc) is 2.50. The Labute approximate surface area is 70.4 Å². The Hall–Kier alpha value is -0.450. The maximum Gasteiger partial charge on any atom is 0.0826 e. The maximum absolute atomic E-state index is 5.33. The number of likely N-dealkylation sites (N-methyl/N-ethyl adjacent to an activating group) is 1. The molecule has 4 heteroatoms. The van der Waals surface area contributed by atoms with Gasteiger partial charge in [0, 0.05) is 12.7 Å². The Balaban J connectivity index is 2.04. The molecule has 0 fully saturated rings. The standard InChI is InChI=1S/C7H12N2OS/c1-8-2-3-10-5-7-4-9-6-11-7/h4,6,8H,2-3,5H2,1H3. The predicted molar refractivity (Wildman–Crippen MR) is 45.7 cm³/mol. The molecule has 0 saturated carbocycles. The number of aromatic nitrogens is 1. The molecule has 1 aromatic heterocycles. The van der Waals surface area contributed by atoms with Crippen molar-refractivity contribution in [1.82, 2.24) is 10.3 Å². The first-order chi connectivity index (χ1) is 5.43. The third-order valence-electron chi connectivity index (χ3n) is 1.22. The fraction of sp³-hybridized carbons (Fsp3) is 0.571. The first kappa shape index (κ1) is 8.64. The molecule has 0 bridgehead atoms. The maximum atomic E-state index is 5.33. The molecular formula is C7H12N2OS. The van der Waals surface area contributed by atoms with Gasteiger partial charge in [0.05, 0.1) is 23.6 Å². The summed E-state index contributed by atoms with van der Waals surface area (Å²) in [6, 6.07) is 0. The van der Waals surface area contributed by atoms with E-state index in [0.717, 1.165) is 13.2 Å². The van der Waals surface area contributed by atoms with E-state index >= 15 is 0 Å². The number of hydrogen-bond donors (Lipinski definition) is 1. The van der Waals surface area contributed by atoms with Crippen molar-refractivity contribution in [1.29, 1.82) is 0 Å². The molecule has 0 unspecified atom stereocenters. The third kappa shape index (κ3) is 3.46. The minimum atomic E-state index is 0.687. The van der Waals surface area contributed by atoms with Gasteiger partial charge in [0.2, 0.25) is 0 Å². The van der Waals surface area contributed by atoms with Crippen LogP contribution in [0.2, 0.25) is 0 Å². The van der Waals surface area contributed by atoms with Crippen molar-refractivity contribution in [2.24, 2.45) is 0 Å². The average molecular weight is 172 g/mol. The van der Waals surface area contributed by atoms with Gasteiger partial charge in [-0.2, -0.15) is 0 Å². The molecule has 1 aromatic rings. The first-order valence-corrected chi connectivity index (χ1v) is 4.41. The van der Waals surface area contributed by atoms with Gasteiger partial charge in [0.15, 0.2) is 0 Å². The number of thiazole rings is 1. The smallest absolute Gasteiger partial charge is 0.0826 e. The Morgan fingerprint density at radius 1 is 1.73 bits per heavy atom. The summed E-state index contributed by atoms with van der Waals surface area (Å²) in [7, 11) is 1.91. The summed E-state index contributed by atoms with van der Waals surface area (Å²) in [6.45, 7) is 2.35. The summed E-state index contributed by atoms with van der Waals surface area (Å²) in [6.07, 6.45) is 1.84. The van der Waals surface area contributed by atoms with Crippen LogP contribution >= 0.6 is 11.3 Å². The van der Waals surface area contributed by atoms with Gasteiger partial charge in [-0.25, -0.2) is 0 Å². The van der Waals surface area contributed by atoms with E-state index < -0.39 is 0 Å². The SMILES string of the molecule is CNCCOCc1cncs1. The third-order valence-corrected chi connectivity index (χ3v) is 1.98. The van der Waals surface area contributed by atoms with Crippen LogP contribution in [0.25, 0.3) is 0 Å². The van der Waals surface area contributed by atoms with Crippen molar-refractivity contribution in [3.8, 4) is 0 Å². The van der Waals surface area contributed by atoms with E-state index in [1.807, 2.05) is 18.8 Å². The zero-order valence-electron chi connectivity index (χ0n) is 6.54. The highest BCUT2D eigenvalue weighted by molar-refractivity contribution is 7.09. The molecule has 1 heterocycles. The van der Waals surface area contributed by atoms with E-state index in [2.05, 4.69) is 10.3 Å². The van der Waals surface area contributed by atoms with Gasteiger partial charge in [0.1, 0.15) is 0 Å². The highest BCUT2D eigenvalue weighted by atomic mass is 32.1. The molecule has 0 aliphatic carbocycles. The van der Waals surface area contributed by atoms with E-state index in [9.17, 15) is 0 Å². The monoisotopic (exact) mass is 172 g/mol. The number of rotatable bonds is 5. The molecule has 3 nitrogen and oxygen atoms in total. The summed E-state index contributed by atoms with van der Waals surface area (Å²) in [5.74, 6) is 0. The van der Waals surface area contributed by atoms with Crippen LogP contribution < -0.4 is 5.32 Å². The summed E-state index contributed by atoms with van der Waals surface area (Å²) in [4.78, 5) is 5.13. The highest BCUT2D eigenvalue weighted by Crippen LogP contribution is 2.05. The lowest BCUT2D eigenvalue weighted by Gasteiger charge is -1.99. The van der Waals surface area contributed by atoms with Crippen LogP contribution in [0.1, 0.15) is 4.88 Å². The molecule has 0 aliphatic rings. The topological polar surface area (TPSA) is 34.1 Å². The Kier molecular flexibility index (Phi) is 4.11. The molecule has 1 rings (SSSR count). The van der Waals surface area contributed by atoms with Crippen molar-refractivity contribution < 1.29 is 4.74 Å².